The van der Waals surface area contributed by atoms with E-state index in [-0.39, 0.29) is 16.7 Å². The standard InChI is InChI=1S/C15H12F2O2/c1-8-5-10(7-11(6-8)15(18)19)13-12(16)4-3-9(2)14(13)17/h3-7H,1-2H3,(H,18,19). The number of carbonyl (C=O) groups is 1. The van der Waals surface area contributed by atoms with Crippen molar-refractivity contribution in [3.05, 3.63) is 58.7 Å². The van der Waals surface area contributed by atoms with Gasteiger partial charge in [-0.05, 0) is 48.7 Å². The summed E-state index contributed by atoms with van der Waals surface area (Å²) >= 11 is 0. The first-order valence-corrected chi connectivity index (χ1v) is 5.70. The van der Waals surface area contributed by atoms with Crippen molar-refractivity contribution < 1.29 is 18.7 Å². The van der Waals surface area contributed by atoms with Crippen LogP contribution < -0.4 is 0 Å². The van der Waals surface area contributed by atoms with Gasteiger partial charge in [0.25, 0.3) is 0 Å². The van der Waals surface area contributed by atoms with Crippen molar-refractivity contribution in [1.82, 2.24) is 0 Å². The molecule has 0 fully saturated rings. The smallest absolute Gasteiger partial charge is 0.335 e. The first-order valence-electron chi connectivity index (χ1n) is 5.70. The second-order valence-electron chi connectivity index (χ2n) is 4.45. The molecule has 0 unspecified atom stereocenters. The van der Waals surface area contributed by atoms with Crippen LogP contribution in [-0.4, -0.2) is 11.1 Å². The second kappa shape index (κ2) is 4.80. The van der Waals surface area contributed by atoms with Gasteiger partial charge in [0.15, 0.2) is 0 Å². The maximum Gasteiger partial charge on any atom is 0.335 e. The van der Waals surface area contributed by atoms with Gasteiger partial charge in [-0.2, -0.15) is 0 Å². The van der Waals surface area contributed by atoms with Crippen molar-refractivity contribution in [2.24, 2.45) is 0 Å². The normalized spacial score (nSPS) is 10.5. The number of hydrogen-bond donors (Lipinski definition) is 1. The Morgan fingerprint density at radius 3 is 2.42 bits per heavy atom. The molecule has 2 aromatic rings. The van der Waals surface area contributed by atoms with E-state index in [0.717, 1.165) is 0 Å². The zero-order chi connectivity index (χ0) is 14.2. The maximum absolute atomic E-state index is 14.0. The van der Waals surface area contributed by atoms with E-state index in [2.05, 4.69) is 0 Å². The Morgan fingerprint density at radius 1 is 1.11 bits per heavy atom. The van der Waals surface area contributed by atoms with Crippen LogP contribution in [0.5, 0.6) is 0 Å². The highest BCUT2D eigenvalue weighted by Crippen LogP contribution is 2.29. The summed E-state index contributed by atoms with van der Waals surface area (Å²) in [5, 5.41) is 8.99. The topological polar surface area (TPSA) is 37.3 Å². The Kier molecular flexibility index (Phi) is 3.34. The molecule has 0 spiro atoms. The molecule has 0 heterocycles. The van der Waals surface area contributed by atoms with Gasteiger partial charge in [-0.1, -0.05) is 12.1 Å². The summed E-state index contributed by atoms with van der Waals surface area (Å²) in [5.41, 5.74) is 1.00. The van der Waals surface area contributed by atoms with Crippen LogP contribution >= 0.6 is 0 Å². The fraction of sp³-hybridized carbons (Fsp3) is 0.133. The van der Waals surface area contributed by atoms with Crippen molar-refractivity contribution in [3.8, 4) is 11.1 Å². The highest BCUT2D eigenvalue weighted by Gasteiger charge is 2.15. The Morgan fingerprint density at radius 2 is 1.79 bits per heavy atom. The molecule has 0 aliphatic carbocycles. The van der Waals surface area contributed by atoms with Crippen molar-refractivity contribution in [3.63, 3.8) is 0 Å². The molecule has 0 saturated carbocycles. The van der Waals surface area contributed by atoms with Gasteiger partial charge in [0.1, 0.15) is 11.6 Å². The molecular weight excluding hydrogens is 250 g/mol. The lowest BCUT2D eigenvalue weighted by Crippen LogP contribution is -1.99. The minimum absolute atomic E-state index is 0.00954. The van der Waals surface area contributed by atoms with E-state index >= 15 is 0 Å². The summed E-state index contributed by atoms with van der Waals surface area (Å²) in [7, 11) is 0. The van der Waals surface area contributed by atoms with Gasteiger partial charge >= 0.3 is 5.97 Å². The van der Waals surface area contributed by atoms with Crippen molar-refractivity contribution in [2.75, 3.05) is 0 Å². The van der Waals surface area contributed by atoms with E-state index in [9.17, 15) is 13.6 Å². The van der Waals surface area contributed by atoms with Crippen LogP contribution in [-0.2, 0) is 0 Å². The van der Waals surface area contributed by atoms with E-state index in [1.807, 2.05) is 0 Å². The van der Waals surface area contributed by atoms with Gasteiger partial charge in [-0.25, -0.2) is 13.6 Å². The molecule has 0 bridgehead atoms. The van der Waals surface area contributed by atoms with E-state index in [4.69, 9.17) is 5.11 Å². The zero-order valence-corrected chi connectivity index (χ0v) is 10.5. The number of carboxylic acid groups (broad SMARTS) is 1. The van der Waals surface area contributed by atoms with Gasteiger partial charge in [0.05, 0.1) is 11.1 Å². The summed E-state index contributed by atoms with van der Waals surface area (Å²) in [6, 6.07) is 6.82. The highest BCUT2D eigenvalue weighted by molar-refractivity contribution is 5.90. The molecule has 0 saturated heterocycles. The van der Waals surface area contributed by atoms with Gasteiger partial charge in [0.2, 0.25) is 0 Å². The first kappa shape index (κ1) is 13.2. The number of rotatable bonds is 2. The van der Waals surface area contributed by atoms with Gasteiger partial charge in [-0.3, -0.25) is 0 Å². The summed E-state index contributed by atoms with van der Waals surface area (Å²) in [5.74, 6) is -2.50. The lowest BCUT2D eigenvalue weighted by molar-refractivity contribution is 0.0697. The van der Waals surface area contributed by atoms with E-state index in [0.29, 0.717) is 11.1 Å². The number of aryl methyl sites for hydroxylation is 2. The number of benzene rings is 2. The fourth-order valence-electron chi connectivity index (χ4n) is 1.97. The maximum atomic E-state index is 14.0. The molecule has 0 aliphatic heterocycles. The van der Waals surface area contributed by atoms with Crippen LogP contribution in [0.2, 0.25) is 0 Å². The largest absolute Gasteiger partial charge is 0.478 e. The molecular formula is C15H12F2O2. The summed E-state index contributed by atoms with van der Waals surface area (Å²) in [6.45, 7) is 3.22. The molecule has 2 rings (SSSR count). The SMILES string of the molecule is Cc1cc(C(=O)O)cc(-c2c(F)ccc(C)c2F)c1. The number of carboxylic acids is 1. The lowest BCUT2D eigenvalue weighted by Gasteiger charge is -2.09. The average molecular weight is 262 g/mol. The molecule has 19 heavy (non-hydrogen) atoms. The molecule has 2 nitrogen and oxygen atoms in total. The molecule has 0 amide bonds. The number of halogens is 2. The Bertz CT molecular complexity index is 663. The molecule has 0 aliphatic rings. The minimum atomic E-state index is -1.13. The number of aromatic carboxylic acids is 1. The van der Waals surface area contributed by atoms with Crippen molar-refractivity contribution >= 4 is 5.97 Å². The van der Waals surface area contributed by atoms with Crippen LogP contribution in [0.25, 0.3) is 11.1 Å². The minimum Gasteiger partial charge on any atom is -0.478 e. The molecule has 4 heteroatoms. The highest BCUT2D eigenvalue weighted by atomic mass is 19.1. The summed E-state index contributed by atoms with van der Waals surface area (Å²) in [4.78, 5) is 11.0. The Hall–Kier alpha value is -2.23. The fourth-order valence-corrected chi connectivity index (χ4v) is 1.97. The van der Waals surface area contributed by atoms with E-state index in [1.54, 1.807) is 13.0 Å². The average Bonchev–Trinajstić information content (AvgIpc) is 2.34. The first-order chi connectivity index (χ1) is 8.90. The molecule has 2 aromatic carbocycles. The van der Waals surface area contributed by atoms with E-state index < -0.39 is 17.6 Å². The quantitative estimate of drug-likeness (QED) is 0.889. The Balaban J connectivity index is 2.72. The van der Waals surface area contributed by atoms with Gasteiger partial charge in [-0.15, -0.1) is 0 Å². The third-order valence-electron chi connectivity index (χ3n) is 2.90. The zero-order valence-electron chi connectivity index (χ0n) is 10.5. The van der Waals surface area contributed by atoms with Crippen LogP contribution in [0.1, 0.15) is 21.5 Å². The number of hydrogen-bond acceptors (Lipinski definition) is 1. The third-order valence-corrected chi connectivity index (χ3v) is 2.90. The van der Waals surface area contributed by atoms with Gasteiger partial charge < -0.3 is 5.11 Å². The van der Waals surface area contributed by atoms with Crippen molar-refractivity contribution in [1.29, 1.82) is 0 Å². The molecule has 0 atom stereocenters. The van der Waals surface area contributed by atoms with Gasteiger partial charge in [0, 0.05) is 0 Å². The summed E-state index contributed by atoms with van der Waals surface area (Å²) < 4.78 is 27.8. The third kappa shape index (κ3) is 2.47. The van der Waals surface area contributed by atoms with Crippen LogP contribution in [0.4, 0.5) is 8.78 Å². The molecule has 1 N–H and O–H groups in total. The molecule has 0 radical (unpaired) electrons. The predicted octanol–water partition coefficient (Wildman–Crippen LogP) is 3.95. The molecule has 0 aromatic heterocycles. The molecule has 98 valence electrons. The monoisotopic (exact) mass is 262 g/mol. The van der Waals surface area contributed by atoms with Crippen LogP contribution in [0.15, 0.2) is 30.3 Å². The van der Waals surface area contributed by atoms with E-state index in [1.165, 1.54) is 31.2 Å². The predicted molar refractivity (Wildman–Crippen MR) is 68.2 cm³/mol. The van der Waals surface area contributed by atoms with Crippen LogP contribution in [0.3, 0.4) is 0 Å². The van der Waals surface area contributed by atoms with Crippen LogP contribution in [0, 0.1) is 25.5 Å². The lowest BCUT2D eigenvalue weighted by atomic mass is 9.98. The van der Waals surface area contributed by atoms with Crippen molar-refractivity contribution in [2.45, 2.75) is 13.8 Å². The second-order valence-corrected chi connectivity index (χ2v) is 4.45. The summed E-state index contributed by atoms with van der Waals surface area (Å²) in [6.07, 6.45) is 0. The Labute approximate surface area is 109 Å².